The third-order valence-corrected chi connectivity index (χ3v) is 6.08. The summed E-state index contributed by atoms with van der Waals surface area (Å²) in [5.41, 5.74) is 2.19. The SMILES string of the molecule is CN(C)C(=O)C(Sc1nnc(C2CC2)n1Cc1ccccc1)c1ccccc1. The van der Waals surface area contributed by atoms with Crippen LogP contribution in [0.2, 0.25) is 0 Å². The van der Waals surface area contributed by atoms with Gasteiger partial charge in [-0.3, -0.25) is 4.79 Å². The molecule has 28 heavy (non-hydrogen) atoms. The van der Waals surface area contributed by atoms with Gasteiger partial charge in [0.1, 0.15) is 11.1 Å². The van der Waals surface area contributed by atoms with E-state index in [4.69, 9.17) is 0 Å². The lowest BCUT2D eigenvalue weighted by molar-refractivity contribution is -0.128. The summed E-state index contributed by atoms with van der Waals surface area (Å²) >= 11 is 1.49. The molecule has 0 bridgehead atoms. The largest absolute Gasteiger partial charge is 0.348 e. The van der Waals surface area contributed by atoms with Gasteiger partial charge in [0.2, 0.25) is 5.91 Å². The monoisotopic (exact) mass is 392 g/mol. The maximum Gasteiger partial charge on any atom is 0.240 e. The summed E-state index contributed by atoms with van der Waals surface area (Å²) in [6.45, 7) is 0.722. The van der Waals surface area contributed by atoms with Crippen molar-refractivity contribution in [3.63, 3.8) is 0 Å². The second-order valence-corrected chi connectivity index (χ2v) is 8.40. The standard InChI is InChI=1S/C22H24N4OS/c1-25(2)21(27)19(17-11-7-4-8-12-17)28-22-24-23-20(18-13-14-18)26(22)15-16-9-5-3-6-10-16/h3-12,18-19H,13-15H2,1-2H3. The Balaban J connectivity index is 1.68. The molecule has 1 unspecified atom stereocenters. The van der Waals surface area contributed by atoms with Gasteiger partial charge in [-0.25, -0.2) is 0 Å². The molecule has 0 aliphatic heterocycles. The number of rotatable bonds is 7. The molecule has 1 aliphatic carbocycles. The highest BCUT2D eigenvalue weighted by atomic mass is 32.2. The van der Waals surface area contributed by atoms with E-state index in [-0.39, 0.29) is 11.2 Å². The molecule has 0 radical (unpaired) electrons. The summed E-state index contributed by atoms with van der Waals surface area (Å²) in [7, 11) is 3.59. The van der Waals surface area contributed by atoms with Crippen LogP contribution in [0.15, 0.2) is 65.8 Å². The van der Waals surface area contributed by atoms with Gasteiger partial charge < -0.3 is 9.47 Å². The van der Waals surface area contributed by atoms with E-state index in [0.29, 0.717) is 5.92 Å². The number of likely N-dealkylation sites (N-methyl/N-ethyl adjacent to an activating group) is 1. The molecule has 1 heterocycles. The molecule has 0 N–H and O–H groups in total. The van der Waals surface area contributed by atoms with Crippen LogP contribution in [0.5, 0.6) is 0 Å². The number of carbonyl (C=O) groups excluding carboxylic acids is 1. The molecular formula is C22H24N4OS. The molecular weight excluding hydrogens is 368 g/mol. The van der Waals surface area contributed by atoms with Crippen LogP contribution in [-0.2, 0) is 11.3 Å². The first-order valence-electron chi connectivity index (χ1n) is 9.53. The molecule has 3 aromatic rings. The summed E-state index contributed by atoms with van der Waals surface area (Å²) in [6, 6.07) is 20.2. The van der Waals surface area contributed by atoms with Gasteiger partial charge in [-0.2, -0.15) is 0 Å². The van der Waals surface area contributed by atoms with Crippen LogP contribution >= 0.6 is 11.8 Å². The number of nitrogens with zero attached hydrogens (tertiary/aromatic N) is 4. The highest BCUT2D eigenvalue weighted by Crippen LogP contribution is 2.42. The molecule has 1 atom stereocenters. The van der Waals surface area contributed by atoms with E-state index < -0.39 is 0 Å². The van der Waals surface area contributed by atoms with Crippen LogP contribution < -0.4 is 0 Å². The van der Waals surface area contributed by atoms with Gasteiger partial charge in [0.25, 0.3) is 0 Å². The van der Waals surface area contributed by atoms with Crippen molar-refractivity contribution in [1.29, 1.82) is 0 Å². The fourth-order valence-electron chi connectivity index (χ4n) is 3.17. The Hall–Kier alpha value is -2.60. The number of carbonyl (C=O) groups is 1. The van der Waals surface area contributed by atoms with Crippen molar-refractivity contribution in [2.45, 2.75) is 35.7 Å². The van der Waals surface area contributed by atoms with Crippen molar-refractivity contribution in [1.82, 2.24) is 19.7 Å². The van der Waals surface area contributed by atoms with Crippen LogP contribution in [0.1, 0.15) is 41.0 Å². The summed E-state index contributed by atoms with van der Waals surface area (Å²) in [5, 5.41) is 9.43. The average Bonchev–Trinajstić information content (AvgIpc) is 3.49. The Morgan fingerprint density at radius 3 is 2.32 bits per heavy atom. The third kappa shape index (κ3) is 4.12. The van der Waals surface area contributed by atoms with Gasteiger partial charge in [0.15, 0.2) is 5.16 Å². The van der Waals surface area contributed by atoms with E-state index in [1.807, 2.05) is 48.5 Å². The minimum absolute atomic E-state index is 0.0541. The minimum atomic E-state index is -0.345. The number of thioether (sulfide) groups is 1. The van der Waals surface area contributed by atoms with Crippen molar-refractivity contribution in [3.05, 3.63) is 77.6 Å². The maximum atomic E-state index is 12.9. The highest BCUT2D eigenvalue weighted by molar-refractivity contribution is 8.00. The molecule has 4 rings (SSSR count). The lowest BCUT2D eigenvalue weighted by Crippen LogP contribution is -2.27. The Morgan fingerprint density at radius 1 is 1.07 bits per heavy atom. The van der Waals surface area contributed by atoms with Crippen LogP contribution in [0.3, 0.4) is 0 Å². The molecule has 144 valence electrons. The zero-order valence-electron chi connectivity index (χ0n) is 16.2. The van der Waals surface area contributed by atoms with Crippen LogP contribution in [0.4, 0.5) is 0 Å². The molecule has 0 saturated heterocycles. The van der Waals surface area contributed by atoms with E-state index in [2.05, 4.69) is 26.9 Å². The van der Waals surface area contributed by atoms with Crippen molar-refractivity contribution in [3.8, 4) is 0 Å². The highest BCUT2D eigenvalue weighted by Gasteiger charge is 2.32. The Kier molecular flexibility index (Phi) is 5.48. The molecule has 1 fully saturated rings. The van der Waals surface area contributed by atoms with Crippen molar-refractivity contribution in [2.75, 3.05) is 14.1 Å². The molecule has 2 aromatic carbocycles. The molecule has 6 heteroatoms. The van der Waals surface area contributed by atoms with Gasteiger partial charge in [0.05, 0.1) is 6.54 Å². The lowest BCUT2D eigenvalue weighted by Gasteiger charge is -2.20. The fourth-order valence-corrected chi connectivity index (χ4v) is 4.36. The summed E-state index contributed by atoms with van der Waals surface area (Å²) in [5.74, 6) is 1.58. The summed E-state index contributed by atoms with van der Waals surface area (Å²) < 4.78 is 2.19. The van der Waals surface area contributed by atoms with E-state index in [1.165, 1.54) is 17.3 Å². The average molecular weight is 393 g/mol. The van der Waals surface area contributed by atoms with Gasteiger partial charge in [-0.05, 0) is 24.0 Å². The zero-order chi connectivity index (χ0) is 19.5. The summed E-state index contributed by atoms with van der Waals surface area (Å²) in [6.07, 6.45) is 2.33. The molecule has 5 nitrogen and oxygen atoms in total. The van der Waals surface area contributed by atoms with Gasteiger partial charge in [0, 0.05) is 20.0 Å². The first-order valence-corrected chi connectivity index (χ1v) is 10.4. The van der Waals surface area contributed by atoms with Crippen molar-refractivity contribution in [2.24, 2.45) is 0 Å². The Bertz CT molecular complexity index is 936. The summed E-state index contributed by atoms with van der Waals surface area (Å²) in [4.78, 5) is 14.6. The maximum absolute atomic E-state index is 12.9. The molecule has 1 aliphatic rings. The predicted molar refractivity (Wildman–Crippen MR) is 111 cm³/mol. The van der Waals surface area contributed by atoms with E-state index >= 15 is 0 Å². The minimum Gasteiger partial charge on any atom is -0.348 e. The number of amides is 1. The van der Waals surface area contributed by atoms with Gasteiger partial charge >= 0.3 is 0 Å². The Labute approximate surface area is 169 Å². The number of hydrogen-bond acceptors (Lipinski definition) is 4. The number of aromatic nitrogens is 3. The van der Waals surface area contributed by atoms with Crippen molar-refractivity contribution >= 4 is 17.7 Å². The second kappa shape index (κ2) is 8.19. The van der Waals surface area contributed by atoms with Crippen LogP contribution in [0, 0.1) is 0 Å². The molecule has 1 amide bonds. The van der Waals surface area contributed by atoms with Gasteiger partial charge in [-0.1, -0.05) is 72.4 Å². The second-order valence-electron chi connectivity index (χ2n) is 7.33. The van der Waals surface area contributed by atoms with E-state index in [9.17, 15) is 4.79 Å². The zero-order valence-corrected chi connectivity index (χ0v) is 17.0. The quantitative estimate of drug-likeness (QED) is 0.568. The number of benzene rings is 2. The normalized spacial score (nSPS) is 14.6. The smallest absolute Gasteiger partial charge is 0.240 e. The predicted octanol–water partition coefficient (Wildman–Crippen LogP) is 4.13. The number of hydrogen-bond donors (Lipinski definition) is 0. The fraction of sp³-hybridized carbons (Fsp3) is 0.318. The molecule has 1 saturated carbocycles. The topological polar surface area (TPSA) is 51.0 Å². The van der Waals surface area contributed by atoms with Crippen LogP contribution in [0.25, 0.3) is 0 Å². The lowest BCUT2D eigenvalue weighted by atomic mass is 10.1. The first kappa shape index (κ1) is 18.7. The van der Waals surface area contributed by atoms with Gasteiger partial charge in [-0.15, -0.1) is 10.2 Å². The third-order valence-electron chi connectivity index (χ3n) is 4.86. The van der Waals surface area contributed by atoms with E-state index in [1.54, 1.807) is 19.0 Å². The Morgan fingerprint density at radius 2 is 1.71 bits per heavy atom. The van der Waals surface area contributed by atoms with Crippen molar-refractivity contribution < 1.29 is 4.79 Å². The molecule has 1 aromatic heterocycles. The van der Waals surface area contributed by atoms with E-state index in [0.717, 1.165) is 35.9 Å². The van der Waals surface area contributed by atoms with Crippen LogP contribution in [-0.4, -0.2) is 39.7 Å². The molecule has 0 spiro atoms. The first-order chi connectivity index (χ1) is 13.6.